The molecule has 1 atom stereocenters. The van der Waals surface area contributed by atoms with Crippen LogP contribution in [0.5, 0.6) is 11.5 Å². The Morgan fingerprint density at radius 1 is 1.22 bits per heavy atom. The van der Waals surface area contributed by atoms with Crippen molar-refractivity contribution in [1.29, 1.82) is 0 Å². The van der Waals surface area contributed by atoms with E-state index in [9.17, 15) is 8.42 Å². The van der Waals surface area contributed by atoms with Gasteiger partial charge in [0, 0.05) is 31.3 Å². The Morgan fingerprint density at radius 3 is 2.48 bits per heavy atom. The molecule has 7 heteroatoms. The molecule has 1 aliphatic rings. The van der Waals surface area contributed by atoms with Gasteiger partial charge in [0.1, 0.15) is 11.5 Å². The average molecular weight is 342 g/mol. The number of methoxy groups -OCH3 is 2. The van der Waals surface area contributed by atoms with E-state index in [-0.39, 0.29) is 6.04 Å². The molecule has 0 aromatic heterocycles. The summed E-state index contributed by atoms with van der Waals surface area (Å²) < 4.78 is 39.6. The maximum Gasteiger partial charge on any atom is 0.282 e. The third-order valence-electron chi connectivity index (χ3n) is 4.33. The molecule has 1 aromatic rings. The number of nitrogens with zero attached hydrogens (tertiary/aromatic N) is 2. The molecule has 1 saturated heterocycles. The fourth-order valence-corrected chi connectivity index (χ4v) is 4.97. The summed E-state index contributed by atoms with van der Waals surface area (Å²) >= 11 is 0. The van der Waals surface area contributed by atoms with E-state index in [0.29, 0.717) is 31.1 Å². The molecular formula is C16H26N2O4S. The smallest absolute Gasteiger partial charge is 0.282 e. The van der Waals surface area contributed by atoms with E-state index >= 15 is 0 Å². The van der Waals surface area contributed by atoms with Crippen molar-refractivity contribution >= 4 is 10.2 Å². The van der Waals surface area contributed by atoms with Crippen LogP contribution in [0.15, 0.2) is 18.2 Å². The van der Waals surface area contributed by atoms with Crippen LogP contribution in [0, 0.1) is 0 Å². The monoisotopic (exact) mass is 342 g/mol. The largest absolute Gasteiger partial charge is 0.497 e. The highest BCUT2D eigenvalue weighted by atomic mass is 32.2. The van der Waals surface area contributed by atoms with Crippen molar-refractivity contribution in [2.75, 3.05) is 33.9 Å². The highest BCUT2D eigenvalue weighted by molar-refractivity contribution is 7.86. The maximum atomic E-state index is 12.9. The van der Waals surface area contributed by atoms with Gasteiger partial charge in [-0.2, -0.15) is 17.0 Å². The summed E-state index contributed by atoms with van der Waals surface area (Å²) in [7, 11) is -0.267. The molecule has 6 nitrogen and oxygen atoms in total. The molecule has 0 bridgehead atoms. The summed E-state index contributed by atoms with van der Waals surface area (Å²) in [5, 5.41) is 0. The standard InChI is InChI=1S/C16H26N2O4S/c1-5-17(6-2)23(19,20)18-11-7-8-15(18)14-10-9-13(21-3)12-16(14)22-4/h9-10,12,15H,5-8,11H2,1-4H3/t15-/m1/s1. The second-order valence-corrected chi connectivity index (χ2v) is 7.35. The molecule has 0 unspecified atom stereocenters. The van der Waals surface area contributed by atoms with Gasteiger partial charge in [0.05, 0.1) is 20.3 Å². The lowest BCUT2D eigenvalue weighted by molar-refractivity contribution is 0.328. The van der Waals surface area contributed by atoms with E-state index in [0.717, 1.165) is 18.4 Å². The molecule has 1 aliphatic heterocycles. The average Bonchev–Trinajstić information content (AvgIpc) is 3.05. The van der Waals surface area contributed by atoms with Crippen molar-refractivity contribution in [2.45, 2.75) is 32.7 Å². The highest BCUT2D eigenvalue weighted by Gasteiger charge is 2.39. The molecule has 0 radical (unpaired) electrons. The minimum atomic E-state index is -3.46. The number of rotatable bonds is 7. The zero-order valence-corrected chi connectivity index (χ0v) is 15.1. The van der Waals surface area contributed by atoms with Gasteiger partial charge in [0.15, 0.2) is 0 Å². The molecule has 130 valence electrons. The van der Waals surface area contributed by atoms with Crippen molar-refractivity contribution in [1.82, 2.24) is 8.61 Å². The van der Waals surface area contributed by atoms with Gasteiger partial charge in [-0.05, 0) is 18.9 Å². The first-order chi connectivity index (χ1) is 11.0. The zero-order chi connectivity index (χ0) is 17.0. The zero-order valence-electron chi connectivity index (χ0n) is 14.3. The minimum Gasteiger partial charge on any atom is -0.497 e. The van der Waals surface area contributed by atoms with E-state index in [4.69, 9.17) is 9.47 Å². The Balaban J connectivity index is 2.39. The first kappa shape index (κ1) is 18.0. The predicted molar refractivity (Wildman–Crippen MR) is 90.1 cm³/mol. The second-order valence-electron chi connectivity index (χ2n) is 5.47. The summed E-state index contributed by atoms with van der Waals surface area (Å²) in [5.74, 6) is 1.36. The molecule has 0 spiro atoms. The van der Waals surface area contributed by atoms with Gasteiger partial charge in [0.25, 0.3) is 10.2 Å². The van der Waals surface area contributed by atoms with Gasteiger partial charge in [-0.1, -0.05) is 19.9 Å². The fourth-order valence-electron chi connectivity index (χ4n) is 3.12. The molecule has 0 amide bonds. The second kappa shape index (κ2) is 7.51. The van der Waals surface area contributed by atoms with Gasteiger partial charge < -0.3 is 9.47 Å². The van der Waals surface area contributed by atoms with E-state index < -0.39 is 10.2 Å². The van der Waals surface area contributed by atoms with Crippen LogP contribution < -0.4 is 9.47 Å². The lowest BCUT2D eigenvalue weighted by Gasteiger charge is -2.30. The van der Waals surface area contributed by atoms with Gasteiger partial charge >= 0.3 is 0 Å². The first-order valence-corrected chi connectivity index (χ1v) is 9.38. The van der Waals surface area contributed by atoms with Crippen LogP contribution in [-0.2, 0) is 10.2 Å². The van der Waals surface area contributed by atoms with E-state index in [1.807, 2.05) is 26.0 Å². The normalized spacial score (nSPS) is 19.3. The van der Waals surface area contributed by atoms with Crippen LogP contribution in [0.25, 0.3) is 0 Å². The molecule has 1 fully saturated rings. The van der Waals surface area contributed by atoms with Gasteiger partial charge in [-0.3, -0.25) is 0 Å². The molecule has 1 heterocycles. The topological polar surface area (TPSA) is 59.1 Å². The summed E-state index contributed by atoms with van der Waals surface area (Å²) in [4.78, 5) is 0. The van der Waals surface area contributed by atoms with Gasteiger partial charge in [-0.25, -0.2) is 0 Å². The van der Waals surface area contributed by atoms with Crippen LogP contribution in [-0.4, -0.2) is 50.9 Å². The van der Waals surface area contributed by atoms with Gasteiger partial charge in [-0.15, -0.1) is 0 Å². The maximum absolute atomic E-state index is 12.9. The number of benzene rings is 1. The Kier molecular flexibility index (Phi) is 5.89. The third-order valence-corrected chi connectivity index (χ3v) is 6.53. The van der Waals surface area contributed by atoms with E-state index in [1.54, 1.807) is 24.6 Å². The number of hydrogen-bond acceptors (Lipinski definition) is 4. The quantitative estimate of drug-likeness (QED) is 0.764. The van der Waals surface area contributed by atoms with Crippen LogP contribution in [0.3, 0.4) is 0 Å². The summed E-state index contributed by atoms with van der Waals surface area (Å²) in [6, 6.07) is 5.36. The van der Waals surface area contributed by atoms with Crippen molar-refractivity contribution in [3.05, 3.63) is 23.8 Å². The van der Waals surface area contributed by atoms with Crippen LogP contribution in [0.2, 0.25) is 0 Å². The minimum absolute atomic E-state index is 0.193. The van der Waals surface area contributed by atoms with E-state index in [1.165, 1.54) is 4.31 Å². The molecule has 23 heavy (non-hydrogen) atoms. The van der Waals surface area contributed by atoms with E-state index in [2.05, 4.69) is 0 Å². The van der Waals surface area contributed by atoms with Crippen LogP contribution >= 0.6 is 0 Å². The molecule has 0 N–H and O–H groups in total. The summed E-state index contributed by atoms with van der Waals surface area (Å²) in [5.41, 5.74) is 0.890. The molecule has 0 saturated carbocycles. The van der Waals surface area contributed by atoms with Crippen molar-refractivity contribution in [3.63, 3.8) is 0 Å². The third kappa shape index (κ3) is 3.46. The Hall–Kier alpha value is -1.31. The van der Waals surface area contributed by atoms with Gasteiger partial charge in [0.2, 0.25) is 0 Å². The Morgan fingerprint density at radius 2 is 1.91 bits per heavy atom. The summed E-state index contributed by atoms with van der Waals surface area (Å²) in [6.07, 6.45) is 1.64. The molecule has 2 rings (SSSR count). The summed E-state index contributed by atoms with van der Waals surface area (Å²) in [6.45, 7) is 5.21. The Bertz CT molecular complexity index is 629. The van der Waals surface area contributed by atoms with Crippen molar-refractivity contribution < 1.29 is 17.9 Å². The first-order valence-electron chi connectivity index (χ1n) is 7.98. The number of ether oxygens (including phenoxy) is 2. The number of hydrogen-bond donors (Lipinski definition) is 0. The SMILES string of the molecule is CCN(CC)S(=O)(=O)N1CCC[C@@H]1c1ccc(OC)cc1OC. The van der Waals surface area contributed by atoms with Crippen molar-refractivity contribution in [2.24, 2.45) is 0 Å². The highest BCUT2D eigenvalue weighted by Crippen LogP contribution is 2.40. The fraction of sp³-hybridized carbons (Fsp3) is 0.625. The lowest BCUT2D eigenvalue weighted by atomic mass is 10.0. The van der Waals surface area contributed by atoms with Crippen molar-refractivity contribution in [3.8, 4) is 11.5 Å². The predicted octanol–water partition coefficient (Wildman–Crippen LogP) is 2.43. The molecule has 1 aromatic carbocycles. The lowest BCUT2D eigenvalue weighted by Crippen LogP contribution is -2.43. The van der Waals surface area contributed by atoms with Crippen LogP contribution in [0.4, 0.5) is 0 Å². The van der Waals surface area contributed by atoms with Crippen LogP contribution in [0.1, 0.15) is 38.3 Å². The Labute approximate surface area is 139 Å². The molecular weight excluding hydrogens is 316 g/mol. The molecule has 0 aliphatic carbocycles.